The fraction of sp³-hybridized carbons (Fsp3) is 0.333. The molecule has 1 heterocycles. The van der Waals surface area contributed by atoms with Crippen molar-refractivity contribution in [2.45, 2.75) is 26.8 Å². The number of hydrogen-bond donors (Lipinski definition) is 2. The quantitative estimate of drug-likeness (QED) is 0.825. The van der Waals surface area contributed by atoms with Gasteiger partial charge >= 0.3 is 0 Å². The Bertz CT molecular complexity index is 637. The molecule has 3 N–H and O–H groups in total. The van der Waals surface area contributed by atoms with E-state index in [0.717, 1.165) is 0 Å². The van der Waals surface area contributed by atoms with E-state index in [4.69, 9.17) is 14.9 Å². The monoisotopic (exact) mass is 289 g/mol. The molecular formula is C15H19N3O3. The number of rotatable bonds is 5. The standard InChI is InChI=1S/C15H19N3O3/c1-4-20-13-6-5-11(7-12(13)16)14(19)18-10(3)15-17-8-9(2)21-15/h5-8,10H,4,16H2,1-3H3,(H,18,19). The number of nitrogens with one attached hydrogen (secondary N) is 1. The Morgan fingerprint density at radius 2 is 2.29 bits per heavy atom. The largest absolute Gasteiger partial charge is 0.492 e. The minimum absolute atomic E-state index is 0.242. The molecule has 1 aromatic carbocycles. The van der Waals surface area contributed by atoms with E-state index in [0.29, 0.717) is 35.3 Å². The van der Waals surface area contributed by atoms with Gasteiger partial charge in [0.05, 0.1) is 18.5 Å². The molecule has 0 fully saturated rings. The second-order valence-corrected chi connectivity index (χ2v) is 4.69. The van der Waals surface area contributed by atoms with Gasteiger partial charge in [-0.2, -0.15) is 0 Å². The van der Waals surface area contributed by atoms with Crippen LogP contribution < -0.4 is 15.8 Å². The lowest BCUT2D eigenvalue weighted by Crippen LogP contribution is -2.26. The van der Waals surface area contributed by atoms with Crippen molar-refractivity contribution in [3.8, 4) is 5.75 Å². The molecular weight excluding hydrogens is 270 g/mol. The Hall–Kier alpha value is -2.50. The molecule has 0 aliphatic rings. The molecule has 0 aliphatic carbocycles. The number of aryl methyl sites for hydroxylation is 1. The zero-order chi connectivity index (χ0) is 15.4. The lowest BCUT2D eigenvalue weighted by Gasteiger charge is -2.12. The topological polar surface area (TPSA) is 90.4 Å². The number of aromatic nitrogens is 1. The minimum atomic E-state index is -0.320. The molecule has 2 rings (SSSR count). The Morgan fingerprint density at radius 3 is 2.86 bits per heavy atom. The number of carbonyl (C=O) groups excluding carboxylic acids is 1. The molecule has 0 radical (unpaired) electrons. The van der Waals surface area contributed by atoms with E-state index >= 15 is 0 Å². The van der Waals surface area contributed by atoms with Crippen LogP contribution >= 0.6 is 0 Å². The molecule has 21 heavy (non-hydrogen) atoms. The fourth-order valence-corrected chi connectivity index (χ4v) is 1.89. The van der Waals surface area contributed by atoms with E-state index in [-0.39, 0.29) is 11.9 Å². The van der Waals surface area contributed by atoms with Crippen LogP contribution in [0, 0.1) is 6.92 Å². The first-order valence-corrected chi connectivity index (χ1v) is 6.76. The summed E-state index contributed by atoms with van der Waals surface area (Å²) in [7, 11) is 0. The summed E-state index contributed by atoms with van der Waals surface area (Å²) in [5, 5.41) is 2.81. The lowest BCUT2D eigenvalue weighted by molar-refractivity contribution is 0.0934. The van der Waals surface area contributed by atoms with Gasteiger partial charge in [-0.1, -0.05) is 0 Å². The van der Waals surface area contributed by atoms with Gasteiger partial charge in [0.1, 0.15) is 17.6 Å². The van der Waals surface area contributed by atoms with Crippen LogP contribution in [0.2, 0.25) is 0 Å². The van der Waals surface area contributed by atoms with Gasteiger partial charge in [0, 0.05) is 5.56 Å². The van der Waals surface area contributed by atoms with E-state index in [2.05, 4.69) is 10.3 Å². The predicted molar refractivity (Wildman–Crippen MR) is 79.1 cm³/mol. The van der Waals surface area contributed by atoms with Gasteiger partial charge in [0.25, 0.3) is 5.91 Å². The third kappa shape index (κ3) is 3.53. The van der Waals surface area contributed by atoms with Crippen molar-refractivity contribution in [2.75, 3.05) is 12.3 Å². The maximum absolute atomic E-state index is 12.2. The maximum atomic E-state index is 12.2. The summed E-state index contributed by atoms with van der Waals surface area (Å²) in [4.78, 5) is 16.3. The number of benzene rings is 1. The van der Waals surface area contributed by atoms with Gasteiger partial charge in [0.15, 0.2) is 0 Å². The third-order valence-corrected chi connectivity index (χ3v) is 2.93. The number of amides is 1. The lowest BCUT2D eigenvalue weighted by atomic mass is 10.1. The predicted octanol–water partition coefficient (Wildman–Crippen LogP) is 2.45. The summed E-state index contributed by atoms with van der Waals surface area (Å²) in [6, 6.07) is 4.63. The van der Waals surface area contributed by atoms with Crippen LogP contribution in [0.5, 0.6) is 5.75 Å². The molecule has 0 spiro atoms. The zero-order valence-corrected chi connectivity index (χ0v) is 12.3. The molecule has 0 aliphatic heterocycles. The molecule has 1 aromatic heterocycles. The van der Waals surface area contributed by atoms with Gasteiger partial charge in [0.2, 0.25) is 5.89 Å². The number of carbonyl (C=O) groups is 1. The summed E-state index contributed by atoms with van der Waals surface area (Å²) in [6.07, 6.45) is 1.62. The van der Waals surface area contributed by atoms with Crippen molar-refractivity contribution in [2.24, 2.45) is 0 Å². The number of nitrogens with two attached hydrogens (primary N) is 1. The van der Waals surface area contributed by atoms with Crippen LogP contribution in [0.4, 0.5) is 5.69 Å². The molecule has 1 unspecified atom stereocenters. The van der Waals surface area contributed by atoms with E-state index in [1.54, 1.807) is 38.2 Å². The molecule has 1 atom stereocenters. The van der Waals surface area contributed by atoms with Gasteiger partial charge < -0.3 is 20.2 Å². The Morgan fingerprint density at radius 1 is 1.52 bits per heavy atom. The highest BCUT2D eigenvalue weighted by Gasteiger charge is 2.16. The summed E-state index contributed by atoms with van der Waals surface area (Å²) < 4.78 is 10.7. The Kier molecular flexibility index (Phi) is 4.47. The van der Waals surface area contributed by atoms with Crippen molar-refractivity contribution in [1.82, 2.24) is 10.3 Å². The average molecular weight is 289 g/mol. The molecule has 0 saturated heterocycles. The van der Waals surface area contributed by atoms with Crippen LogP contribution in [0.15, 0.2) is 28.8 Å². The number of nitrogens with zero attached hydrogens (tertiary/aromatic N) is 1. The van der Waals surface area contributed by atoms with Crippen LogP contribution in [0.3, 0.4) is 0 Å². The average Bonchev–Trinajstić information content (AvgIpc) is 2.88. The van der Waals surface area contributed by atoms with Crippen molar-refractivity contribution >= 4 is 11.6 Å². The van der Waals surface area contributed by atoms with Crippen LogP contribution in [-0.4, -0.2) is 17.5 Å². The first-order valence-electron chi connectivity index (χ1n) is 6.76. The van der Waals surface area contributed by atoms with E-state index < -0.39 is 0 Å². The van der Waals surface area contributed by atoms with Crippen molar-refractivity contribution in [3.63, 3.8) is 0 Å². The van der Waals surface area contributed by atoms with Crippen LogP contribution in [-0.2, 0) is 0 Å². The van der Waals surface area contributed by atoms with Gasteiger partial charge in [-0.3, -0.25) is 4.79 Å². The normalized spacial score (nSPS) is 12.0. The summed E-state index contributed by atoms with van der Waals surface area (Å²) in [6.45, 7) is 6.01. The number of ether oxygens (including phenoxy) is 1. The van der Waals surface area contributed by atoms with Crippen molar-refractivity contribution in [3.05, 3.63) is 41.6 Å². The van der Waals surface area contributed by atoms with E-state index in [1.807, 2.05) is 6.92 Å². The molecule has 2 aromatic rings. The first kappa shape index (κ1) is 14.9. The molecule has 1 amide bonds. The first-order chi connectivity index (χ1) is 10.0. The van der Waals surface area contributed by atoms with Crippen molar-refractivity contribution in [1.29, 1.82) is 0 Å². The summed E-state index contributed by atoms with van der Waals surface area (Å²) >= 11 is 0. The number of hydrogen-bond acceptors (Lipinski definition) is 5. The molecule has 0 bridgehead atoms. The number of nitrogen functional groups attached to an aromatic ring is 1. The van der Waals surface area contributed by atoms with Gasteiger partial charge in [-0.25, -0.2) is 4.98 Å². The van der Waals surface area contributed by atoms with Gasteiger partial charge in [-0.15, -0.1) is 0 Å². The smallest absolute Gasteiger partial charge is 0.251 e. The number of oxazole rings is 1. The molecule has 0 saturated carbocycles. The summed E-state index contributed by atoms with van der Waals surface area (Å²) in [5.41, 5.74) is 6.75. The zero-order valence-electron chi connectivity index (χ0n) is 12.3. The van der Waals surface area contributed by atoms with E-state index in [9.17, 15) is 4.79 Å². The summed E-state index contributed by atoms with van der Waals surface area (Å²) in [5.74, 6) is 1.51. The Labute approximate surface area is 123 Å². The SMILES string of the molecule is CCOc1ccc(C(=O)NC(C)c2ncc(C)o2)cc1N. The van der Waals surface area contributed by atoms with Crippen LogP contribution in [0.25, 0.3) is 0 Å². The molecule has 6 nitrogen and oxygen atoms in total. The second kappa shape index (κ2) is 6.30. The third-order valence-electron chi connectivity index (χ3n) is 2.93. The highest BCUT2D eigenvalue weighted by Crippen LogP contribution is 2.23. The molecule has 6 heteroatoms. The Balaban J connectivity index is 2.08. The minimum Gasteiger partial charge on any atom is -0.492 e. The van der Waals surface area contributed by atoms with E-state index in [1.165, 1.54) is 0 Å². The fourth-order valence-electron chi connectivity index (χ4n) is 1.89. The second-order valence-electron chi connectivity index (χ2n) is 4.69. The van der Waals surface area contributed by atoms with Crippen LogP contribution in [0.1, 0.15) is 41.9 Å². The maximum Gasteiger partial charge on any atom is 0.251 e. The highest BCUT2D eigenvalue weighted by atomic mass is 16.5. The van der Waals surface area contributed by atoms with Crippen molar-refractivity contribution < 1.29 is 13.9 Å². The highest BCUT2D eigenvalue weighted by molar-refractivity contribution is 5.95. The van der Waals surface area contributed by atoms with Gasteiger partial charge in [-0.05, 0) is 39.0 Å². The molecule has 112 valence electrons. The number of anilines is 1.